The number of carbonyl (C=O) groups excluding carboxylic acids is 1. The van der Waals surface area contributed by atoms with Gasteiger partial charge in [0, 0.05) is 49.0 Å². The van der Waals surface area contributed by atoms with Gasteiger partial charge in [0.15, 0.2) is 0 Å². The topological polar surface area (TPSA) is 96.2 Å². The fourth-order valence-corrected chi connectivity index (χ4v) is 3.68. The van der Waals surface area contributed by atoms with E-state index in [1.165, 1.54) is 11.0 Å². The third-order valence-electron chi connectivity index (χ3n) is 3.78. The van der Waals surface area contributed by atoms with Gasteiger partial charge >= 0.3 is 6.09 Å². The van der Waals surface area contributed by atoms with Crippen molar-refractivity contribution >= 4 is 29.2 Å². The molecule has 9 heteroatoms. The summed E-state index contributed by atoms with van der Waals surface area (Å²) in [7, 11) is 0. The number of amides is 1. The molecule has 144 valence electrons. The molecular weight excluding hydrogens is 358 g/mol. The highest BCUT2D eigenvalue weighted by atomic mass is 32.2. The molecule has 26 heavy (non-hydrogen) atoms. The van der Waals surface area contributed by atoms with Gasteiger partial charge in [0.2, 0.25) is 0 Å². The lowest BCUT2D eigenvalue weighted by atomic mass is 10.2. The predicted molar refractivity (Wildman–Crippen MR) is 101 cm³/mol. The summed E-state index contributed by atoms with van der Waals surface area (Å²) >= 11 is 1.59. The maximum atomic E-state index is 12.3. The van der Waals surface area contributed by atoms with E-state index < -0.39 is 16.6 Å². The lowest BCUT2D eigenvalue weighted by Crippen LogP contribution is -2.43. The second kappa shape index (κ2) is 8.59. The maximum absolute atomic E-state index is 12.3. The monoisotopic (exact) mass is 383 g/mol. The second-order valence-electron chi connectivity index (χ2n) is 6.94. The molecule has 0 fully saturated rings. The molecule has 0 saturated carbocycles. The van der Waals surface area contributed by atoms with E-state index in [4.69, 9.17) is 4.74 Å². The number of benzene rings is 1. The molecule has 0 bridgehead atoms. The van der Waals surface area contributed by atoms with Gasteiger partial charge in [0.1, 0.15) is 5.60 Å². The SMILES string of the molecule is CC(C)(C)OC(=O)N(CCO)CCN1CCSc2cc([N+](=O)[O-])ccc21. The van der Waals surface area contributed by atoms with Crippen LogP contribution < -0.4 is 4.90 Å². The van der Waals surface area contributed by atoms with Crippen molar-refractivity contribution in [3.05, 3.63) is 28.3 Å². The van der Waals surface area contributed by atoms with Crippen LogP contribution in [0.3, 0.4) is 0 Å². The molecule has 1 aromatic rings. The first-order chi connectivity index (χ1) is 12.2. The van der Waals surface area contributed by atoms with Crippen molar-refractivity contribution < 1.29 is 19.6 Å². The van der Waals surface area contributed by atoms with E-state index >= 15 is 0 Å². The van der Waals surface area contributed by atoms with Gasteiger partial charge < -0.3 is 19.6 Å². The molecule has 0 radical (unpaired) electrons. The Morgan fingerprint density at radius 2 is 2.15 bits per heavy atom. The smallest absolute Gasteiger partial charge is 0.410 e. The number of nitro benzene ring substituents is 1. The van der Waals surface area contributed by atoms with Crippen molar-refractivity contribution in [1.82, 2.24) is 4.90 Å². The highest BCUT2D eigenvalue weighted by molar-refractivity contribution is 7.99. The number of nitrogens with zero attached hydrogens (tertiary/aromatic N) is 3. The number of thioether (sulfide) groups is 1. The molecule has 0 spiro atoms. The first-order valence-corrected chi connectivity index (χ1v) is 9.45. The molecule has 0 saturated heterocycles. The number of fused-ring (bicyclic) bond motifs is 1. The van der Waals surface area contributed by atoms with Crippen LogP contribution in [0.25, 0.3) is 0 Å². The number of hydrogen-bond acceptors (Lipinski definition) is 7. The van der Waals surface area contributed by atoms with E-state index in [0.717, 1.165) is 22.9 Å². The largest absolute Gasteiger partial charge is 0.444 e. The van der Waals surface area contributed by atoms with Crippen LogP contribution in [0.4, 0.5) is 16.2 Å². The number of nitro groups is 1. The van der Waals surface area contributed by atoms with Gasteiger partial charge in [0.05, 0.1) is 17.2 Å². The van der Waals surface area contributed by atoms with Crippen molar-refractivity contribution in [2.75, 3.05) is 43.4 Å². The van der Waals surface area contributed by atoms with Crippen LogP contribution in [0.5, 0.6) is 0 Å². The summed E-state index contributed by atoms with van der Waals surface area (Å²) in [5, 5.41) is 20.2. The van der Waals surface area contributed by atoms with E-state index in [2.05, 4.69) is 4.90 Å². The summed E-state index contributed by atoms with van der Waals surface area (Å²) in [5.41, 5.74) is 0.409. The molecule has 0 atom stereocenters. The molecule has 0 aromatic heterocycles. The number of non-ortho nitro benzene ring substituents is 1. The minimum Gasteiger partial charge on any atom is -0.444 e. The fourth-order valence-electron chi connectivity index (χ4n) is 2.59. The molecule has 1 aliphatic heterocycles. The zero-order chi connectivity index (χ0) is 19.3. The van der Waals surface area contributed by atoms with Gasteiger partial charge in [-0.25, -0.2) is 4.79 Å². The van der Waals surface area contributed by atoms with Crippen molar-refractivity contribution in [2.45, 2.75) is 31.3 Å². The van der Waals surface area contributed by atoms with E-state index in [-0.39, 0.29) is 18.8 Å². The first-order valence-electron chi connectivity index (χ1n) is 8.46. The summed E-state index contributed by atoms with van der Waals surface area (Å²) in [6, 6.07) is 4.84. The summed E-state index contributed by atoms with van der Waals surface area (Å²) in [4.78, 5) is 27.3. The van der Waals surface area contributed by atoms with Gasteiger partial charge in [-0.2, -0.15) is 0 Å². The van der Waals surface area contributed by atoms with E-state index in [1.54, 1.807) is 44.7 Å². The Bertz CT molecular complexity index is 662. The highest BCUT2D eigenvalue weighted by Gasteiger charge is 2.24. The number of ether oxygens (including phenoxy) is 1. The van der Waals surface area contributed by atoms with Gasteiger partial charge in [-0.05, 0) is 26.8 Å². The van der Waals surface area contributed by atoms with Crippen molar-refractivity contribution in [2.24, 2.45) is 0 Å². The molecular formula is C17H25N3O5S. The molecule has 1 aromatic carbocycles. The van der Waals surface area contributed by atoms with Crippen molar-refractivity contribution in [1.29, 1.82) is 0 Å². The Kier molecular flexibility index (Phi) is 6.71. The minimum absolute atomic E-state index is 0.0776. The molecule has 1 aliphatic rings. The molecule has 1 N–H and O–H groups in total. The van der Waals surface area contributed by atoms with Crippen LogP contribution in [-0.4, -0.2) is 65.2 Å². The van der Waals surface area contributed by atoms with Crippen molar-refractivity contribution in [3.8, 4) is 0 Å². The number of hydrogen-bond donors (Lipinski definition) is 1. The molecule has 1 amide bonds. The zero-order valence-electron chi connectivity index (χ0n) is 15.3. The number of anilines is 1. The Morgan fingerprint density at radius 1 is 1.42 bits per heavy atom. The quantitative estimate of drug-likeness (QED) is 0.596. The van der Waals surface area contributed by atoms with E-state index in [1.807, 2.05) is 0 Å². The number of carbonyl (C=O) groups is 1. The van der Waals surface area contributed by atoms with Crippen LogP contribution in [0, 0.1) is 10.1 Å². The summed E-state index contributed by atoms with van der Waals surface area (Å²) in [6.07, 6.45) is -0.457. The van der Waals surface area contributed by atoms with Crippen LogP contribution in [0.1, 0.15) is 20.8 Å². The lowest BCUT2D eigenvalue weighted by Gasteiger charge is -2.33. The Hall–Kier alpha value is -2.00. The normalized spacial score (nSPS) is 13.9. The second-order valence-corrected chi connectivity index (χ2v) is 8.07. The average molecular weight is 383 g/mol. The van der Waals surface area contributed by atoms with Gasteiger partial charge in [-0.1, -0.05) is 0 Å². The minimum atomic E-state index is -0.599. The zero-order valence-corrected chi connectivity index (χ0v) is 16.1. The van der Waals surface area contributed by atoms with Gasteiger partial charge in [-0.3, -0.25) is 10.1 Å². The van der Waals surface area contributed by atoms with Crippen LogP contribution in [-0.2, 0) is 4.74 Å². The Morgan fingerprint density at radius 3 is 2.77 bits per heavy atom. The number of aliphatic hydroxyl groups is 1. The van der Waals surface area contributed by atoms with E-state index in [9.17, 15) is 20.0 Å². The Balaban J connectivity index is 2.06. The number of aliphatic hydroxyl groups excluding tert-OH is 1. The molecule has 0 aliphatic carbocycles. The molecule has 1 heterocycles. The van der Waals surface area contributed by atoms with Crippen LogP contribution >= 0.6 is 11.8 Å². The number of rotatable bonds is 6. The molecule has 2 rings (SSSR count). The fraction of sp³-hybridized carbons (Fsp3) is 0.588. The van der Waals surface area contributed by atoms with Crippen LogP contribution in [0.15, 0.2) is 23.1 Å². The third-order valence-corrected chi connectivity index (χ3v) is 4.80. The average Bonchev–Trinajstić information content (AvgIpc) is 2.56. The van der Waals surface area contributed by atoms with Gasteiger partial charge in [0.25, 0.3) is 5.69 Å². The summed E-state index contributed by atoms with van der Waals surface area (Å²) < 4.78 is 5.38. The van der Waals surface area contributed by atoms with Crippen LogP contribution in [0.2, 0.25) is 0 Å². The highest BCUT2D eigenvalue weighted by Crippen LogP contribution is 2.37. The Labute approximate surface area is 157 Å². The standard InChI is InChI=1S/C17H25N3O5S/c1-17(2,3)25-16(22)19(8-10-21)7-6-18-9-11-26-15-12-13(20(23)24)4-5-14(15)18/h4-5,12,21H,6-11H2,1-3H3. The van der Waals surface area contributed by atoms with Gasteiger partial charge in [-0.15, -0.1) is 11.8 Å². The molecule has 8 nitrogen and oxygen atoms in total. The van der Waals surface area contributed by atoms with E-state index in [0.29, 0.717) is 13.1 Å². The maximum Gasteiger partial charge on any atom is 0.410 e. The molecule has 0 unspecified atom stereocenters. The third kappa shape index (κ3) is 5.50. The lowest BCUT2D eigenvalue weighted by molar-refractivity contribution is -0.385. The first kappa shape index (κ1) is 20.3. The summed E-state index contributed by atoms with van der Waals surface area (Å²) in [6.45, 7) is 7.20. The predicted octanol–water partition coefficient (Wildman–Crippen LogP) is 2.74. The summed E-state index contributed by atoms with van der Waals surface area (Å²) in [5.74, 6) is 0.820. The van der Waals surface area contributed by atoms with Crippen molar-refractivity contribution in [3.63, 3.8) is 0 Å².